The number of carbonyl (C=O) groups is 1. The molecule has 2 aliphatic carbocycles. The second kappa shape index (κ2) is 4.56. The molecule has 2 saturated carbocycles. The number of nitrogens with two attached hydrogens (primary N) is 1. The van der Waals surface area contributed by atoms with E-state index in [4.69, 9.17) is 5.73 Å². The van der Waals surface area contributed by atoms with Gasteiger partial charge < -0.3 is 16.0 Å². The summed E-state index contributed by atoms with van der Waals surface area (Å²) in [6, 6.07) is 5.79. The maximum Gasteiger partial charge on any atom is 0.229 e. The van der Waals surface area contributed by atoms with E-state index in [1.807, 2.05) is 25.1 Å². The highest BCUT2D eigenvalue weighted by Gasteiger charge is 2.49. The Hall–Kier alpha value is -1.88. The van der Waals surface area contributed by atoms with Crippen LogP contribution in [0.15, 0.2) is 18.2 Å². The Morgan fingerprint density at radius 2 is 2.19 bits per heavy atom. The maximum atomic E-state index is 12.5. The molecule has 2 fully saturated rings. The predicted octanol–water partition coefficient (Wildman–Crippen LogP) is 2.18. The summed E-state index contributed by atoms with van der Waals surface area (Å²) < 4.78 is 0. The van der Waals surface area contributed by atoms with Gasteiger partial charge in [0.2, 0.25) is 5.91 Å². The minimum atomic E-state index is -0.0250. The zero-order valence-corrected chi connectivity index (χ0v) is 12.1. The number of aromatic nitrogens is 2. The molecule has 0 aliphatic heterocycles. The number of anilines is 1. The topological polar surface area (TPSA) is 83.8 Å². The molecule has 2 aromatic rings. The van der Waals surface area contributed by atoms with E-state index in [9.17, 15) is 4.79 Å². The van der Waals surface area contributed by atoms with E-state index in [1.165, 1.54) is 6.42 Å². The standard InChI is InChI=1S/C16H20N4O/c1-8-18-12-5-4-11(7-13(12)19-8)20-16(21)14-9-2-3-10(6-9)15(14)17/h4-5,7,9-10,14-15H,2-3,6,17H2,1H3,(H,18,19)(H,20,21). The lowest BCUT2D eigenvalue weighted by Crippen LogP contribution is -2.42. The van der Waals surface area contributed by atoms with Crippen LogP contribution in [0.3, 0.4) is 0 Å². The van der Waals surface area contributed by atoms with Crippen LogP contribution >= 0.6 is 0 Å². The van der Waals surface area contributed by atoms with E-state index in [-0.39, 0.29) is 17.9 Å². The van der Waals surface area contributed by atoms with E-state index in [2.05, 4.69) is 15.3 Å². The molecule has 4 rings (SSSR count). The lowest BCUT2D eigenvalue weighted by atomic mass is 9.84. The number of fused-ring (bicyclic) bond motifs is 3. The number of amides is 1. The number of nitrogens with zero attached hydrogens (tertiary/aromatic N) is 1. The van der Waals surface area contributed by atoms with Gasteiger partial charge in [-0.3, -0.25) is 4.79 Å². The predicted molar refractivity (Wildman–Crippen MR) is 81.8 cm³/mol. The van der Waals surface area contributed by atoms with Gasteiger partial charge in [0.05, 0.1) is 17.0 Å². The van der Waals surface area contributed by atoms with Crippen LogP contribution in [0.4, 0.5) is 5.69 Å². The van der Waals surface area contributed by atoms with Crippen LogP contribution in [-0.2, 0) is 4.79 Å². The van der Waals surface area contributed by atoms with Crippen LogP contribution in [0.5, 0.6) is 0 Å². The lowest BCUT2D eigenvalue weighted by Gasteiger charge is -2.27. The summed E-state index contributed by atoms with van der Waals surface area (Å²) in [7, 11) is 0. The van der Waals surface area contributed by atoms with Gasteiger partial charge >= 0.3 is 0 Å². The fourth-order valence-electron chi connectivity index (χ4n) is 4.17. The third kappa shape index (κ3) is 2.03. The summed E-state index contributed by atoms with van der Waals surface area (Å²) in [5.74, 6) is 1.95. The molecule has 0 saturated heterocycles. The summed E-state index contributed by atoms with van der Waals surface area (Å²) >= 11 is 0. The van der Waals surface area contributed by atoms with Crippen LogP contribution in [0, 0.1) is 24.7 Å². The van der Waals surface area contributed by atoms with Crippen molar-refractivity contribution >= 4 is 22.6 Å². The number of aryl methyl sites for hydroxylation is 1. The first kappa shape index (κ1) is 12.8. The Labute approximate surface area is 123 Å². The van der Waals surface area contributed by atoms with Crippen molar-refractivity contribution in [3.63, 3.8) is 0 Å². The van der Waals surface area contributed by atoms with Gasteiger partial charge in [0.1, 0.15) is 5.82 Å². The van der Waals surface area contributed by atoms with Gasteiger partial charge in [0, 0.05) is 11.7 Å². The lowest BCUT2D eigenvalue weighted by molar-refractivity contribution is -0.121. The van der Waals surface area contributed by atoms with Crippen molar-refractivity contribution in [3.05, 3.63) is 24.0 Å². The Bertz CT molecular complexity index is 705. The number of carbonyl (C=O) groups excluding carboxylic acids is 1. The van der Waals surface area contributed by atoms with Crippen molar-refractivity contribution in [2.24, 2.45) is 23.5 Å². The van der Waals surface area contributed by atoms with Crippen molar-refractivity contribution in [3.8, 4) is 0 Å². The SMILES string of the molecule is Cc1nc2ccc(NC(=O)C3C4CCC(C4)C3N)cc2[nH]1. The van der Waals surface area contributed by atoms with Crippen molar-refractivity contribution in [2.75, 3.05) is 5.32 Å². The highest BCUT2D eigenvalue weighted by atomic mass is 16.2. The van der Waals surface area contributed by atoms with E-state index < -0.39 is 0 Å². The Morgan fingerprint density at radius 1 is 1.38 bits per heavy atom. The highest BCUT2D eigenvalue weighted by Crippen LogP contribution is 2.47. The van der Waals surface area contributed by atoms with Gasteiger partial charge in [-0.15, -0.1) is 0 Å². The second-order valence-corrected chi connectivity index (χ2v) is 6.48. The number of rotatable bonds is 2. The number of nitrogens with one attached hydrogen (secondary N) is 2. The molecule has 0 spiro atoms. The summed E-state index contributed by atoms with van der Waals surface area (Å²) in [6.07, 6.45) is 3.46. The molecule has 1 amide bonds. The summed E-state index contributed by atoms with van der Waals surface area (Å²) in [4.78, 5) is 20.1. The average molecular weight is 284 g/mol. The van der Waals surface area contributed by atoms with Crippen molar-refractivity contribution in [2.45, 2.75) is 32.2 Å². The largest absolute Gasteiger partial charge is 0.342 e. The molecule has 4 unspecified atom stereocenters. The van der Waals surface area contributed by atoms with Crippen LogP contribution < -0.4 is 11.1 Å². The molecule has 21 heavy (non-hydrogen) atoms. The zero-order chi connectivity index (χ0) is 14.6. The number of aromatic amines is 1. The minimum absolute atomic E-state index is 0.0250. The van der Waals surface area contributed by atoms with Crippen LogP contribution in [0.1, 0.15) is 25.1 Å². The normalized spacial score (nSPS) is 31.0. The first-order valence-corrected chi connectivity index (χ1v) is 7.64. The molecule has 1 heterocycles. The molecular weight excluding hydrogens is 264 g/mol. The number of imidazole rings is 1. The van der Waals surface area contributed by atoms with E-state index in [0.29, 0.717) is 11.8 Å². The minimum Gasteiger partial charge on any atom is -0.342 e. The molecule has 2 bridgehead atoms. The maximum absolute atomic E-state index is 12.5. The summed E-state index contributed by atoms with van der Waals surface area (Å²) in [5.41, 5.74) is 8.91. The van der Waals surface area contributed by atoms with Crippen LogP contribution in [0.2, 0.25) is 0 Å². The van der Waals surface area contributed by atoms with Gasteiger partial charge in [-0.25, -0.2) is 4.98 Å². The molecule has 5 heteroatoms. The monoisotopic (exact) mass is 284 g/mol. The molecule has 1 aromatic carbocycles. The van der Waals surface area contributed by atoms with Gasteiger partial charge in [0.15, 0.2) is 0 Å². The van der Waals surface area contributed by atoms with Crippen LogP contribution in [0.25, 0.3) is 11.0 Å². The number of hydrogen-bond acceptors (Lipinski definition) is 3. The van der Waals surface area contributed by atoms with Gasteiger partial charge in [-0.1, -0.05) is 0 Å². The molecule has 1 aromatic heterocycles. The molecule has 0 radical (unpaired) electrons. The Kier molecular flexibility index (Phi) is 2.79. The van der Waals surface area contributed by atoms with Gasteiger partial charge in [-0.2, -0.15) is 0 Å². The van der Waals surface area contributed by atoms with Gasteiger partial charge in [0.25, 0.3) is 0 Å². The smallest absolute Gasteiger partial charge is 0.229 e. The number of hydrogen-bond donors (Lipinski definition) is 3. The molecule has 4 N–H and O–H groups in total. The third-order valence-electron chi connectivity index (χ3n) is 5.15. The highest BCUT2D eigenvalue weighted by molar-refractivity contribution is 5.95. The fourth-order valence-corrected chi connectivity index (χ4v) is 4.17. The van der Waals surface area contributed by atoms with E-state index in [0.717, 1.165) is 35.4 Å². The second-order valence-electron chi connectivity index (χ2n) is 6.48. The first-order chi connectivity index (χ1) is 10.1. The first-order valence-electron chi connectivity index (χ1n) is 7.64. The fraction of sp³-hybridized carbons (Fsp3) is 0.500. The molecule has 5 nitrogen and oxygen atoms in total. The summed E-state index contributed by atoms with van der Waals surface area (Å²) in [5, 5.41) is 3.03. The van der Waals surface area contributed by atoms with Crippen LogP contribution in [-0.4, -0.2) is 21.9 Å². The quantitative estimate of drug-likeness (QED) is 0.790. The number of benzene rings is 1. The van der Waals surface area contributed by atoms with Crippen molar-refractivity contribution in [1.82, 2.24) is 9.97 Å². The Morgan fingerprint density at radius 3 is 2.95 bits per heavy atom. The number of H-pyrrole nitrogens is 1. The molecule has 110 valence electrons. The molecule has 4 atom stereocenters. The molecular formula is C16H20N4O. The molecule has 2 aliphatic rings. The average Bonchev–Trinajstić information content (AvgIpc) is 3.10. The third-order valence-corrected chi connectivity index (χ3v) is 5.15. The van der Waals surface area contributed by atoms with Gasteiger partial charge in [-0.05, 0) is 56.2 Å². The van der Waals surface area contributed by atoms with Crippen molar-refractivity contribution < 1.29 is 4.79 Å². The Balaban J connectivity index is 1.55. The van der Waals surface area contributed by atoms with E-state index in [1.54, 1.807) is 0 Å². The zero-order valence-electron chi connectivity index (χ0n) is 12.1. The van der Waals surface area contributed by atoms with E-state index >= 15 is 0 Å². The summed E-state index contributed by atoms with van der Waals surface area (Å²) in [6.45, 7) is 1.92. The van der Waals surface area contributed by atoms with Crippen molar-refractivity contribution in [1.29, 1.82) is 0 Å².